The topological polar surface area (TPSA) is 44.8 Å². The van der Waals surface area contributed by atoms with Crippen LogP contribution in [0.2, 0.25) is 0 Å². The van der Waals surface area contributed by atoms with Gasteiger partial charge in [0.05, 0.1) is 13.7 Å². The predicted molar refractivity (Wildman–Crippen MR) is 111 cm³/mol. The van der Waals surface area contributed by atoms with Crippen LogP contribution in [0.5, 0.6) is 5.75 Å². The van der Waals surface area contributed by atoms with E-state index in [1.54, 1.807) is 7.11 Å². The highest BCUT2D eigenvalue weighted by molar-refractivity contribution is 5.81. The minimum atomic E-state index is 0.150. The maximum Gasteiger partial charge on any atom is 0.241 e. The molecule has 0 aromatic heterocycles. The molecule has 1 amide bonds. The summed E-state index contributed by atoms with van der Waals surface area (Å²) >= 11 is 0. The molecule has 1 aliphatic rings. The van der Waals surface area contributed by atoms with E-state index in [4.69, 9.17) is 4.74 Å². The Balaban J connectivity index is 1.46. The van der Waals surface area contributed by atoms with Gasteiger partial charge in [-0.1, -0.05) is 26.0 Å². The summed E-state index contributed by atoms with van der Waals surface area (Å²) in [6.45, 7) is 7.89. The molecule has 1 aliphatic heterocycles. The van der Waals surface area contributed by atoms with E-state index in [1.165, 1.54) is 11.3 Å². The van der Waals surface area contributed by atoms with E-state index >= 15 is 0 Å². The molecule has 0 bridgehead atoms. The molecule has 3 rings (SSSR count). The van der Waals surface area contributed by atoms with Gasteiger partial charge in [0.15, 0.2) is 0 Å². The minimum Gasteiger partial charge on any atom is -0.497 e. The number of ether oxygens (including phenoxy) is 1. The summed E-state index contributed by atoms with van der Waals surface area (Å²) < 4.78 is 5.21. The smallest absolute Gasteiger partial charge is 0.241 e. The molecular weight excluding hydrogens is 338 g/mol. The molecule has 0 radical (unpaired) electrons. The summed E-state index contributed by atoms with van der Waals surface area (Å²) in [7, 11) is 1.67. The third-order valence-electron chi connectivity index (χ3n) is 5.09. The first-order valence-electron chi connectivity index (χ1n) is 9.57. The summed E-state index contributed by atoms with van der Waals surface area (Å²) in [5.74, 6) is 1.53. The Morgan fingerprint density at radius 2 is 1.63 bits per heavy atom. The molecule has 2 aromatic carbocycles. The molecule has 0 spiro atoms. The lowest BCUT2D eigenvalue weighted by Gasteiger charge is -2.36. The van der Waals surface area contributed by atoms with Crippen LogP contribution in [0.3, 0.4) is 0 Å². The zero-order valence-electron chi connectivity index (χ0n) is 16.4. The average Bonchev–Trinajstić information content (AvgIpc) is 2.72. The van der Waals surface area contributed by atoms with Crippen LogP contribution in [0, 0.1) is 0 Å². The molecule has 5 nitrogen and oxygen atoms in total. The van der Waals surface area contributed by atoms with Gasteiger partial charge in [0, 0.05) is 37.6 Å². The van der Waals surface area contributed by atoms with E-state index in [0.717, 1.165) is 37.6 Å². The molecule has 1 heterocycles. The number of rotatable bonds is 6. The van der Waals surface area contributed by atoms with E-state index in [1.807, 2.05) is 29.2 Å². The van der Waals surface area contributed by atoms with Gasteiger partial charge in [-0.3, -0.25) is 4.79 Å². The molecule has 144 valence electrons. The lowest BCUT2D eigenvalue weighted by molar-refractivity contribution is -0.129. The maximum absolute atomic E-state index is 12.5. The fraction of sp³-hybridized carbons (Fsp3) is 0.409. The van der Waals surface area contributed by atoms with Gasteiger partial charge in [-0.05, 0) is 47.9 Å². The summed E-state index contributed by atoms with van der Waals surface area (Å²) in [4.78, 5) is 16.7. The van der Waals surface area contributed by atoms with E-state index in [2.05, 4.69) is 48.3 Å². The van der Waals surface area contributed by atoms with E-state index in [9.17, 15) is 4.79 Å². The molecule has 1 N–H and O–H groups in total. The van der Waals surface area contributed by atoms with Crippen molar-refractivity contribution in [3.05, 3.63) is 54.1 Å². The molecule has 1 saturated heterocycles. The van der Waals surface area contributed by atoms with Crippen molar-refractivity contribution in [3.63, 3.8) is 0 Å². The van der Waals surface area contributed by atoms with Crippen molar-refractivity contribution in [1.82, 2.24) is 4.90 Å². The molecule has 5 heteroatoms. The number of nitrogens with zero attached hydrogens (tertiary/aromatic N) is 2. The lowest BCUT2D eigenvalue weighted by atomic mass is 10.0. The van der Waals surface area contributed by atoms with Gasteiger partial charge in [-0.2, -0.15) is 0 Å². The van der Waals surface area contributed by atoms with Crippen LogP contribution in [-0.2, 0) is 4.79 Å². The van der Waals surface area contributed by atoms with E-state index < -0.39 is 0 Å². The Kier molecular flexibility index (Phi) is 6.22. The summed E-state index contributed by atoms with van der Waals surface area (Å²) in [5.41, 5.74) is 3.47. The second kappa shape index (κ2) is 8.80. The van der Waals surface area contributed by atoms with Crippen LogP contribution in [0.4, 0.5) is 11.4 Å². The molecule has 2 aromatic rings. The number of amides is 1. The first-order valence-corrected chi connectivity index (χ1v) is 9.57. The second-order valence-corrected chi connectivity index (χ2v) is 7.20. The van der Waals surface area contributed by atoms with Gasteiger partial charge >= 0.3 is 0 Å². The Hall–Kier alpha value is -2.69. The van der Waals surface area contributed by atoms with Gasteiger partial charge < -0.3 is 19.9 Å². The number of hydrogen-bond acceptors (Lipinski definition) is 4. The SMILES string of the molecule is COc1ccc(N2CCN(C(=O)CNc3ccc(C(C)C)cc3)CC2)cc1. The molecule has 27 heavy (non-hydrogen) atoms. The van der Waals surface area contributed by atoms with Crippen molar-refractivity contribution in [2.24, 2.45) is 0 Å². The number of carbonyl (C=O) groups excluding carboxylic acids is 1. The quantitative estimate of drug-likeness (QED) is 0.848. The third kappa shape index (κ3) is 4.94. The molecule has 1 fully saturated rings. The van der Waals surface area contributed by atoms with Crippen molar-refractivity contribution in [1.29, 1.82) is 0 Å². The number of nitrogens with one attached hydrogen (secondary N) is 1. The Morgan fingerprint density at radius 1 is 1.00 bits per heavy atom. The number of benzene rings is 2. The molecule has 0 aliphatic carbocycles. The van der Waals surface area contributed by atoms with Crippen molar-refractivity contribution < 1.29 is 9.53 Å². The predicted octanol–water partition coefficient (Wildman–Crippen LogP) is 3.58. The van der Waals surface area contributed by atoms with Crippen LogP contribution in [-0.4, -0.2) is 50.6 Å². The van der Waals surface area contributed by atoms with Crippen molar-refractivity contribution in [2.75, 3.05) is 50.1 Å². The number of piperazine rings is 1. The van der Waals surface area contributed by atoms with Crippen LogP contribution >= 0.6 is 0 Å². The van der Waals surface area contributed by atoms with Crippen molar-refractivity contribution >= 4 is 17.3 Å². The Morgan fingerprint density at radius 3 is 2.19 bits per heavy atom. The summed E-state index contributed by atoms with van der Waals surface area (Å²) in [6.07, 6.45) is 0. The Bertz CT molecular complexity index is 733. The van der Waals surface area contributed by atoms with Gasteiger partial charge in [-0.25, -0.2) is 0 Å². The zero-order chi connectivity index (χ0) is 19.2. The second-order valence-electron chi connectivity index (χ2n) is 7.20. The first-order chi connectivity index (χ1) is 13.1. The van der Waals surface area contributed by atoms with Gasteiger partial charge in [-0.15, -0.1) is 0 Å². The van der Waals surface area contributed by atoms with Crippen molar-refractivity contribution in [2.45, 2.75) is 19.8 Å². The molecule has 0 atom stereocenters. The largest absolute Gasteiger partial charge is 0.497 e. The number of methoxy groups -OCH3 is 1. The van der Waals surface area contributed by atoms with Crippen LogP contribution in [0.1, 0.15) is 25.3 Å². The fourth-order valence-corrected chi connectivity index (χ4v) is 3.28. The zero-order valence-corrected chi connectivity index (χ0v) is 16.4. The fourth-order valence-electron chi connectivity index (χ4n) is 3.28. The summed E-state index contributed by atoms with van der Waals surface area (Å²) in [5, 5.41) is 3.24. The van der Waals surface area contributed by atoms with Gasteiger partial charge in [0.1, 0.15) is 5.75 Å². The monoisotopic (exact) mass is 367 g/mol. The van der Waals surface area contributed by atoms with Crippen LogP contribution in [0.25, 0.3) is 0 Å². The van der Waals surface area contributed by atoms with E-state index in [0.29, 0.717) is 12.5 Å². The van der Waals surface area contributed by atoms with Crippen LogP contribution < -0.4 is 15.0 Å². The first kappa shape index (κ1) is 19.1. The maximum atomic E-state index is 12.5. The van der Waals surface area contributed by atoms with Gasteiger partial charge in [0.25, 0.3) is 0 Å². The highest BCUT2D eigenvalue weighted by Gasteiger charge is 2.21. The number of carbonyl (C=O) groups is 1. The molecule has 0 unspecified atom stereocenters. The minimum absolute atomic E-state index is 0.150. The Labute approximate surface area is 161 Å². The average molecular weight is 367 g/mol. The third-order valence-corrected chi connectivity index (χ3v) is 5.09. The van der Waals surface area contributed by atoms with Crippen molar-refractivity contribution in [3.8, 4) is 5.75 Å². The van der Waals surface area contributed by atoms with Crippen LogP contribution in [0.15, 0.2) is 48.5 Å². The van der Waals surface area contributed by atoms with Gasteiger partial charge in [0.2, 0.25) is 5.91 Å². The lowest BCUT2D eigenvalue weighted by Crippen LogP contribution is -2.50. The number of hydrogen-bond donors (Lipinski definition) is 1. The normalized spacial score (nSPS) is 14.4. The number of anilines is 2. The molecule has 0 saturated carbocycles. The highest BCUT2D eigenvalue weighted by atomic mass is 16.5. The standard InChI is InChI=1S/C22H29N3O2/c1-17(2)18-4-6-19(7-5-18)23-16-22(26)25-14-12-24(13-15-25)20-8-10-21(27-3)11-9-20/h4-11,17,23H,12-16H2,1-3H3. The highest BCUT2D eigenvalue weighted by Crippen LogP contribution is 2.21. The molecular formula is C22H29N3O2. The van der Waals surface area contributed by atoms with E-state index in [-0.39, 0.29) is 5.91 Å². The summed E-state index contributed by atoms with van der Waals surface area (Å²) in [6, 6.07) is 16.4.